The lowest BCUT2D eigenvalue weighted by Crippen LogP contribution is -2.51. The van der Waals surface area contributed by atoms with E-state index < -0.39 is 0 Å². The highest BCUT2D eigenvalue weighted by Crippen LogP contribution is 2.28. The summed E-state index contributed by atoms with van der Waals surface area (Å²) in [6.45, 7) is 12.5. The Bertz CT molecular complexity index is 911. The third-order valence-corrected chi connectivity index (χ3v) is 6.31. The number of aryl methyl sites for hydroxylation is 1. The summed E-state index contributed by atoms with van der Waals surface area (Å²) in [7, 11) is 0. The molecule has 6 heteroatoms. The number of nitro benzene ring substituents is 1. The fourth-order valence-corrected chi connectivity index (χ4v) is 4.53. The van der Waals surface area contributed by atoms with Gasteiger partial charge < -0.3 is 4.90 Å². The van der Waals surface area contributed by atoms with Crippen molar-refractivity contribution in [1.82, 2.24) is 9.80 Å². The van der Waals surface area contributed by atoms with Crippen molar-refractivity contribution in [3.05, 3.63) is 80.7 Å². The summed E-state index contributed by atoms with van der Waals surface area (Å²) in [5.74, 6) is 0. The highest BCUT2D eigenvalue weighted by Gasteiger charge is 2.27. The third-order valence-electron chi connectivity index (χ3n) is 6.31. The zero-order chi connectivity index (χ0) is 20.2. The lowest BCUT2D eigenvalue weighted by atomic mass is 9.87. The maximum Gasteiger partial charge on any atom is 0.269 e. The maximum atomic E-state index is 10.8. The van der Waals surface area contributed by atoms with Gasteiger partial charge in [0.15, 0.2) is 5.69 Å². The molecule has 1 atom stereocenters. The van der Waals surface area contributed by atoms with Gasteiger partial charge in [-0.25, -0.2) is 4.85 Å². The zero-order valence-corrected chi connectivity index (χ0v) is 16.6. The number of nitro groups is 1. The predicted octanol–water partition coefficient (Wildman–Crippen LogP) is 3.86. The Morgan fingerprint density at radius 3 is 2.52 bits per heavy atom. The molecule has 0 spiro atoms. The van der Waals surface area contributed by atoms with Crippen molar-refractivity contribution in [3.8, 4) is 0 Å². The molecule has 0 radical (unpaired) electrons. The summed E-state index contributed by atoms with van der Waals surface area (Å²) < 4.78 is 0. The highest BCUT2D eigenvalue weighted by atomic mass is 16.6. The molecule has 0 saturated carbocycles. The Balaban J connectivity index is 1.25. The molecule has 29 heavy (non-hydrogen) atoms. The van der Waals surface area contributed by atoms with Crippen molar-refractivity contribution in [3.63, 3.8) is 0 Å². The van der Waals surface area contributed by atoms with Gasteiger partial charge in [0.25, 0.3) is 5.69 Å². The number of piperazine rings is 1. The first-order valence-electron chi connectivity index (χ1n) is 10.3. The van der Waals surface area contributed by atoms with E-state index in [1.54, 1.807) is 12.1 Å². The molecule has 4 rings (SSSR count). The monoisotopic (exact) mass is 390 g/mol. The summed E-state index contributed by atoms with van der Waals surface area (Å²) in [5, 5.41) is 10.8. The smallest absolute Gasteiger partial charge is 0.269 e. The van der Waals surface area contributed by atoms with Gasteiger partial charge in [0.1, 0.15) is 0 Å². The minimum atomic E-state index is -0.351. The van der Waals surface area contributed by atoms with E-state index in [4.69, 9.17) is 6.57 Å². The van der Waals surface area contributed by atoms with E-state index in [2.05, 4.69) is 26.8 Å². The van der Waals surface area contributed by atoms with Crippen molar-refractivity contribution in [1.29, 1.82) is 0 Å². The molecule has 2 aliphatic rings. The summed E-state index contributed by atoms with van der Waals surface area (Å²) in [4.78, 5) is 19.1. The topological polar surface area (TPSA) is 54.0 Å². The number of non-ortho nitro benzene ring substituents is 1. The SMILES string of the molecule is [C-]#[N+]c1ccc2c(c1)CC[C@@H](N1CCN(CCc3ccc([N+](=O)[O-])cc3)CC1)C2. The fraction of sp³-hybridized carbons (Fsp3) is 0.435. The van der Waals surface area contributed by atoms with Crippen LogP contribution in [-0.2, 0) is 19.3 Å². The Labute approximate surface area is 171 Å². The van der Waals surface area contributed by atoms with Crippen LogP contribution in [0.25, 0.3) is 4.85 Å². The summed E-state index contributed by atoms with van der Waals surface area (Å²) in [6, 6.07) is 13.7. The number of hydrogen-bond acceptors (Lipinski definition) is 4. The van der Waals surface area contributed by atoms with E-state index in [0.717, 1.165) is 63.2 Å². The molecule has 1 aliphatic carbocycles. The van der Waals surface area contributed by atoms with Crippen LogP contribution >= 0.6 is 0 Å². The van der Waals surface area contributed by atoms with Crippen molar-refractivity contribution in [2.75, 3.05) is 32.7 Å². The van der Waals surface area contributed by atoms with Gasteiger partial charge in [-0.05, 0) is 36.8 Å². The Morgan fingerprint density at radius 2 is 1.83 bits per heavy atom. The van der Waals surface area contributed by atoms with Gasteiger partial charge in [0.05, 0.1) is 11.5 Å². The van der Waals surface area contributed by atoms with Crippen LogP contribution in [0.2, 0.25) is 0 Å². The second-order valence-corrected chi connectivity index (χ2v) is 8.01. The van der Waals surface area contributed by atoms with Crippen LogP contribution in [-0.4, -0.2) is 53.5 Å². The molecule has 0 N–H and O–H groups in total. The summed E-state index contributed by atoms with van der Waals surface area (Å²) >= 11 is 0. The van der Waals surface area contributed by atoms with Gasteiger partial charge >= 0.3 is 0 Å². The first kappa shape index (κ1) is 19.6. The number of nitrogens with zero attached hydrogens (tertiary/aromatic N) is 4. The molecular weight excluding hydrogens is 364 g/mol. The Kier molecular flexibility index (Phi) is 5.89. The van der Waals surface area contributed by atoms with Crippen LogP contribution in [0.4, 0.5) is 11.4 Å². The molecule has 0 amide bonds. The van der Waals surface area contributed by atoms with Crippen molar-refractivity contribution < 1.29 is 4.92 Å². The van der Waals surface area contributed by atoms with Crippen LogP contribution in [0, 0.1) is 16.7 Å². The minimum absolute atomic E-state index is 0.154. The third kappa shape index (κ3) is 4.64. The quantitative estimate of drug-likeness (QED) is 0.442. The highest BCUT2D eigenvalue weighted by molar-refractivity contribution is 5.50. The first-order valence-corrected chi connectivity index (χ1v) is 10.3. The van der Waals surface area contributed by atoms with Crippen molar-refractivity contribution >= 4 is 11.4 Å². The minimum Gasteiger partial charge on any atom is -0.300 e. The van der Waals surface area contributed by atoms with Gasteiger partial charge in [-0.15, -0.1) is 0 Å². The van der Waals surface area contributed by atoms with E-state index in [1.165, 1.54) is 17.5 Å². The zero-order valence-electron chi connectivity index (χ0n) is 16.6. The molecule has 0 unspecified atom stereocenters. The predicted molar refractivity (Wildman–Crippen MR) is 113 cm³/mol. The van der Waals surface area contributed by atoms with E-state index in [1.807, 2.05) is 18.2 Å². The number of benzene rings is 2. The standard InChI is InChI=1S/C23H26N4O2/c1-24-21-6-4-20-17-23(9-5-19(20)16-21)26-14-12-25(13-15-26)11-10-18-2-7-22(8-3-18)27(28)29/h2-4,6-8,16,23H,5,9-15,17H2/t23-/m1/s1. The van der Waals surface area contributed by atoms with Crippen LogP contribution in [0.3, 0.4) is 0 Å². The second-order valence-electron chi connectivity index (χ2n) is 8.01. The van der Waals surface area contributed by atoms with Gasteiger partial charge in [-0.2, -0.15) is 0 Å². The largest absolute Gasteiger partial charge is 0.300 e. The van der Waals surface area contributed by atoms with Gasteiger partial charge in [0, 0.05) is 50.9 Å². The molecule has 1 saturated heterocycles. The van der Waals surface area contributed by atoms with Crippen LogP contribution in [0.1, 0.15) is 23.1 Å². The molecule has 1 fully saturated rings. The molecule has 0 bridgehead atoms. The maximum absolute atomic E-state index is 10.8. The van der Waals surface area contributed by atoms with Crippen molar-refractivity contribution in [2.24, 2.45) is 0 Å². The molecule has 2 aromatic rings. The van der Waals surface area contributed by atoms with E-state index in [0.29, 0.717) is 6.04 Å². The van der Waals surface area contributed by atoms with Crippen LogP contribution in [0.15, 0.2) is 42.5 Å². The molecule has 2 aromatic carbocycles. The lowest BCUT2D eigenvalue weighted by Gasteiger charge is -2.41. The molecular formula is C23H26N4O2. The molecule has 0 aromatic heterocycles. The molecule has 150 valence electrons. The Hall–Kier alpha value is -2.75. The van der Waals surface area contributed by atoms with E-state index >= 15 is 0 Å². The van der Waals surface area contributed by atoms with E-state index in [9.17, 15) is 10.1 Å². The van der Waals surface area contributed by atoms with Gasteiger partial charge in [-0.3, -0.25) is 15.0 Å². The lowest BCUT2D eigenvalue weighted by molar-refractivity contribution is -0.384. The van der Waals surface area contributed by atoms with Crippen LogP contribution < -0.4 is 0 Å². The van der Waals surface area contributed by atoms with Crippen molar-refractivity contribution in [2.45, 2.75) is 31.7 Å². The van der Waals surface area contributed by atoms with Crippen LogP contribution in [0.5, 0.6) is 0 Å². The first-order chi connectivity index (χ1) is 14.1. The number of hydrogen-bond donors (Lipinski definition) is 0. The average Bonchev–Trinajstić information content (AvgIpc) is 2.77. The number of fused-ring (bicyclic) bond motifs is 1. The van der Waals surface area contributed by atoms with Gasteiger partial charge in [-0.1, -0.05) is 35.9 Å². The molecule has 1 heterocycles. The molecule has 6 nitrogen and oxygen atoms in total. The fourth-order valence-electron chi connectivity index (χ4n) is 4.53. The number of rotatable bonds is 5. The molecule has 1 aliphatic heterocycles. The summed E-state index contributed by atoms with van der Waals surface area (Å²) in [6.07, 6.45) is 4.27. The average molecular weight is 390 g/mol. The normalized spacial score (nSPS) is 20.0. The summed E-state index contributed by atoms with van der Waals surface area (Å²) in [5.41, 5.74) is 4.83. The van der Waals surface area contributed by atoms with E-state index in [-0.39, 0.29) is 10.6 Å². The Morgan fingerprint density at radius 1 is 1.07 bits per heavy atom. The van der Waals surface area contributed by atoms with Gasteiger partial charge in [0.2, 0.25) is 0 Å². The second kappa shape index (κ2) is 8.73.